The van der Waals surface area contributed by atoms with Gasteiger partial charge in [0.2, 0.25) is 6.20 Å². The van der Waals surface area contributed by atoms with Crippen molar-refractivity contribution in [2.75, 3.05) is 11.4 Å². The number of pyridine rings is 1. The van der Waals surface area contributed by atoms with E-state index in [4.69, 9.17) is 4.84 Å². The molecule has 0 atom stereocenters. The fourth-order valence-electron chi connectivity index (χ4n) is 1.91. The summed E-state index contributed by atoms with van der Waals surface area (Å²) in [5.41, 5.74) is 1.72. The van der Waals surface area contributed by atoms with E-state index in [0.717, 1.165) is 15.9 Å². The summed E-state index contributed by atoms with van der Waals surface area (Å²) < 4.78 is 2.26. The van der Waals surface area contributed by atoms with E-state index >= 15 is 0 Å². The molecule has 23 heavy (non-hydrogen) atoms. The van der Waals surface area contributed by atoms with Gasteiger partial charge in [0.15, 0.2) is 6.26 Å². The molecule has 0 aliphatic rings. The van der Waals surface area contributed by atoms with E-state index in [1.54, 1.807) is 11.1 Å². The Morgan fingerprint density at radius 2 is 1.96 bits per heavy atom. The van der Waals surface area contributed by atoms with Gasteiger partial charge in [0, 0.05) is 51.1 Å². The second-order valence-electron chi connectivity index (χ2n) is 4.97. The van der Waals surface area contributed by atoms with E-state index in [1.165, 1.54) is 17.1 Å². The maximum Gasteiger partial charge on any atom is 0.299 e. The highest BCUT2D eigenvalue weighted by atomic mass is 79.9. The van der Waals surface area contributed by atoms with Crippen molar-refractivity contribution >= 4 is 27.5 Å². The SMILES string of the molecule is C=C(C)CN(C(=O)/C=C/O[n+]1ccccc1Br)c1ccccc1. The first kappa shape index (κ1) is 17.0. The second-order valence-corrected chi connectivity index (χ2v) is 5.79. The number of carbonyl (C=O) groups excluding carboxylic acids is 1. The summed E-state index contributed by atoms with van der Waals surface area (Å²) in [6.45, 7) is 6.23. The Bertz CT molecular complexity index is 714. The molecule has 2 aromatic rings. The summed E-state index contributed by atoms with van der Waals surface area (Å²) in [6.07, 6.45) is 4.49. The molecule has 0 N–H and O–H groups in total. The number of nitrogens with zero attached hydrogens (tertiary/aromatic N) is 2. The van der Waals surface area contributed by atoms with E-state index in [0.29, 0.717) is 6.54 Å². The van der Waals surface area contributed by atoms with Crippen LogP contribution in [0.15, 0.2) is 83.8 Å². The van der Waals surface area contributed by atoms with Crippen molar-refractivity contribution in [2.24, 2.45) is 0 Å². The molecular weight excluding hydrogens is 356 g/mol. The van der Waals surface area contributed by atoms with Gasteiger partial charge in [-0.2, -0.15) is 0 Å². The summed E-state index contributed by atoms with van der Waals surface area (Å²) >= 11 is 3.36. The molecule has 0 radical (unpaired) electrons. The quantitative estimate of drug-likeness (QED) is 0.256. The van der Waals surface area contributed by atoms with Crippen molar-refractivity contribution in [1.29, 1.82) is 0 Å². The first-order valence-electron chi connectivity index (χ1n) is 7.09. The standard InChI is InChI=1S/C18H18BrN2O2/c1-15(2)14-20(16-8-4-3-5-9-16)18(22)11-13-23-21-12-7-6-10-17(21)19/h3-13H,1,14H2,2H3/q+1/b13-11+. The molecule has 0 saturated carbocycles. The summed E-state index contributed by atoms with van der Waals surface area (Å²) in [4.78, 5) is 19.5. The van der Waals surface area contributed by atoms with Crippen LogP contribution in [0.3, 0.4) is 0 Å². The van der Waals surface area contributed by atoms with Gasteiger partial charge < -0.3 is 4.90 Å². The Hall–Kier alpha value is -2.40. The smallest absolute Gasteiger partial charge is 0.299 e. The lowest BCUT2D eigenvalue weighted by Crippen LogP contribution is -2.41. The molecule has 0 bridgehead atoms. The molecule has 5 heteroatoms. The largest absolute Gasteiger partial charge is 0.305 e. The Morgan fingerprint density at radius 1 is 1.26 bits per heavy atom. The third kappa shape index (κ3) is 5.07. The van der Waals surface area contributed by atoms with Crippen LogP contribution in [0.1, 0.15) is 6.92 Å². The molecule has 118 valence electrons. The molecule has 1 amide bonds. The van der Waals surface area contributed by atoms with Gasteiger partial charge in [-0.25, -0.2) is 4.84 Å². The van der Waals surface area contributed by atoms with E-state index in [-0.39, 0.29) is 5.91 Å². The predicted molar refractivity (Wildman–Crippen MR) is 93.7 cm³/mol. The number of hydrogen-bond donors (Lipinski definition) is 0. The molecule has 0 unspecified atom stereocenters. The molecule has 1 aromatic heterocycles. The van der Waals surface area contributed by atoms with Crippen molar-refractivity contribution in [1.82, 2.24) is 0 Å². The topological polar surface area (TPSA) is 33.4 Å². The van der Waals surface area contributed by atoms with Gasteiger partial charge in [0.25, 0.3) is 10.5 Å². The summed E-state index contributed by atoms with van der Waals surface area (Å²) in [5, 5.41) is 0. The molecule has 2 rings (SSSR count). The van der Waals surface area contributed by atoms with Crippen LogP contribution in [0, 0.1) is 0 Å². The third-order valence-electron chi connectivity index (χ3n) is 2.92. The van der Waals surface area contributed by atoms with Gasteiger partial charge in [-0.15, -0.1) is 0 Å². The van der Waals surface area contributed by atoms with Crippen molar-refractivity contribution in [3.63, 3.8) is 0 Å². The Kier molecular flexibility index (Phi) is 6.11. The van der Waals surface area contributed by atoms with Crippen molar-refractivity contribution < 1.29 is 14.4 Å². The number of rotatable bonds is 6. The number of hydrogen-bond acceptors (Lipinski definition) is 2. The highest BCUT2D eigenvalue weighted by Gasteiger charge is 2.13. The van der Waals surface area contributed by atoms with Crippen molar-refractivity contribution in [3.05, 3.63) is 83.8 Å². The van der Waals surface area contributed by atoms with Gasteiger partial charge in [0.05, 0.1) is 0 Å². The molecule has 1 heterocycles. The minimum absolute atomic E-state index is 0.174. The van der Waals surface area contributed by atoms with Crippen molar-refractivity contribution in [3.8, 4) is 0 Å². The first-order valence-corrected chi connectivity index (χ1v) is 7.88. The number of carbonyl (C=O) groups is 1. The minimum atomic E-state index is -0.174. The zero-order chi connectivity index (χ0) is 16.7. The highest BCUT2D eigenvalue weighted by molar-refractivity contribution is 9.10. The van der Waals surface area contributed by atoms with Crippen LogP contribution < -0.4 is 14.5 Å². The third-order valence-corrected chi connectivity index (χ3v) is 3.54. The van der Waals surface area contributed by atoms with E-state index in [2.05, 4.69) is 22.5 Å². The number of halogens is 1. The first-order chi connectivity index (χ1) is 11.1. The summed E-state index contributed by atoms with van der Waals surface area (Å²) in [7, 11) is 0. The number of anilines is 1. The van der Waals surface area contributed by atoms with Gasteiger partial charge in [-0.1, -0.05) is 30.4 Å². The lowest BCUT2D eigenvalue weighted by atomic mass is 10.2. The van der Waals surface area contributed by atoms with Crippen LogP contribution in [0.4, 0.5) is 5.69 Å². The molecule has 0 aliphatic heterocycles. The molecule has 0 aliphatic carbocycles. The highest BCUT2D eigenvalue weighted by Crippen LogP contribution is 2.15. The van der Waals surface area contributed by atoms with Crippen LogP contribution in [0.25, 0.3) is 0 Å². The number of aromatic nitrogens is 1. The fraction of sp³-hybridized carbons (Fsp3) is 0.111. The van der Waals surface area contributed by atoms with Gasteiger partial charge >= 0.3 is 0 Å². The zero-order valence-electron chi connectivity index (χ0n) is 12.9. The van der Waals surface area contributed by atoms with Crippen LogP contribution in [-0.4, -0.2) is 12.5 Å². The number of amides is 1. The Balaban J connectivity index is 2.10. The number of benzene rings is 1. The molecule has 1 aromatic carbocycles. The van der Waals surface area contributed by atoms with Gasteiger partial charge in [0.1, 0.15) is 0 Å². The maximum atomic E-state index is 12.5. The lowest BCUT2D eigenvalue weighted by Gasteiger charge is -2.21. The van der Waals surface area contributed by atoms with Crippen LogP contribution in [0.2, 0.25) is 0 Å². The van der Waals surface area contributed by atoms with E-state index in [9.17, 15) is 4.79 Å². The molecular formula is C18H18BrN2O2+. The average molecular weight is 374 g/mol. The predicted octanol–water partition coefficient (Wildman–Crippen LogP) is 3.29. The average Bonchev–Trinajstić information content (AvgIpc) is 2.55. The summed E-state index contributed by atoms with van der Waals surface area (Å²) in [6, 6.07) is 15.0. The van der Waals surface area contributed by atoms with Crippen LogP contribution >= 0.6 is 15.9 Å². The molecule has 4 nitrogen and oxygen atoms in total. The normalized spacial score (nSPS) is 10.5. The fourth-order valence-corrected chi connectivity index (χ4v) is 2.27. The molecule has 0 spiro atoms. The van der Waals surface area contributed by atoms with E-state index < -0.39 is 0 Å². The minimum Gasteiger partial charge on any atom is -0.305 e. The Morgan fingerprint density at radius 3 is 2.61 bits per heavy atom. The van der Waals surface area contributed by atoms with E-state index in [1.807, 2.05) is 55.5 Å². The lowest BCUT2D eigenvalue weighted by molar-refractivity contribution is -0.885. The van der Waals surface area contributed by atoms with Crippen LogP contribution in [0.5, 0.6) is 0 Å². The second kappa shape index (κ2) is 8.29. The van der Waals surface area contributed by atoms with Gasteiger partial charge in [-0.05, 0) is 25.1 Å². The molecule has 0 saturated heterocycles. The zero-order valence-corrected chi connectivity index (χ0v) is 14.4. The number of para-hydroxylation sites is 1. The summed E-state index contributed by atoms with van der Waals surface area (Å²) in [5.74, 6) is -0.174. The van der Waals surface area contributed by atoms with Gasteiger partial charge in [-0.3, -0.25) is 4.79 Å². The van der Waals surface area contributed by atoms with Crippen LogP contribution in [-0.2, 0) is 4.79 Å². The maximum absolute atomic E-state index is 12.5. The van der Waals surface area contributed by atoms with Crippen molar-refractivity contribution in [2.45, 2.75) is 6.92 Å². The monoisotopic (exact) mass is 373 g/mol. The Labute approximate surface area is 144 Å². The molecule has 0 fully saturated rings.